The molecule has 1 N–H and O–H groups in total. The Balaban J connectivity index is 0.00000261. The van der Waals surface area contributed by atoms with E-state index in [0.717, 1.165) is 6.07 Å². The summed E-state index contributed by atoms with van der Waals surface area (Å²) in [5.74, 6) is -0.655. The molecule has 2 aromatic carbocycles. The Morgan fingerprint density at radius 1 is 1.11 bits per heavy atom. The molecule has 8 heteroatoms. The number of hydrogen-bond donors (Lipinski definition) is 1. The molecule has 0 atom stereocenters. The standard InChI is InChI=1S/C19H15F3N2O2.ClH/c1-2-26-18(25)13-11-23-15-9-5-3-7-12(15)17(13)24-16-10-6-4-8-14(16)19(20,21)22;/h3-11H,2H2,1H3,(H,23,24);1H. The van der Waals surface area contributed by atoms with E-state index < -0.39 is 17.7 Å². The number of rotatable bonds is 4. The predicted molar refractivity (Wildman–Crippen MR) is 99.7 cm³/mol. The van der Waals surface area contributed by atoms with Gasteiger partial charge in [-0.2, -0.15) is 13.2 Å². The van der Waals surface area contributed by atoms with Crippen molar-refractivity contribution in [3.63, 3.8) is 0 Å². The molecule has 0 fully saturated rings. The number of fused-ring (bicyclic) bond motifs is 1. The Bertz CT molecular complexity index is 961. The Kier molecular flexibility index (Phi) is 6.28. The molecule has 0 amide bonds. The lowest BCUT2D eigenvalue weighted by Crippen LogP contribution is -2.12. The third-order valence-corrected chi connectivity index (χ3v) is 3.76. The van der Waals surface area contributed by atoms with Crippen LogP contribution < -0.4 is 5.32 Å². The van der Waals surface area contributed by atoms with Gasteiger partial charge in [-0.1, -0.05) is 30.3 Å². The lowest BCUT2D eigenvalue weighted by molar-refractivity contribution is -0.136. The smallest absolute Gasteiger partial charge is 0.418 e. The highest BCUT2D eigenvalue weighted by Gasteiger charge is 2.33. The number of nitrogens with zero attached hydrogens (tertiary/aromatic N) is 1. The molecule has 1 aromatic heterocycles. The van der Waals surface area contributed by atoms with Gasteiger partial charge in [-0.15, -0.1) is 12.4 Å². The highest BCUT2D eigenvalue weighted by Crippen LogP contribution is 2.37. The number of carbonyl (C=O) groups excluding carboxylic acids is 1. The average molecular weight is 397 g/mol. The van der Waals surface area contributed by atoms with Crippen molar-refractivity contribution in [3.8, 4) is 0 Å². The van der Waals surface area contributed by atoms with Crippen LogP contribution in [0.25, 0.3) is 10.9 Å². The highest BCUT2D eigenvalue weighted by atomic mass is 35.5. The molecule has 3 aromatic rings. The van der Waals surface area contributed by atoms with Gasteiger partial charge >= 0.3 is 12.1 Å². The number of nitrogens with one attached hydrogen (secondary N) is 1. The van der Waals surface area contributed by atoms with Gasteiger partial charge in [-0.3, -0.25) is 4.98 Å². The maximum absolute atomic E-state index is 13.3. The minimum Gasteiger partial charge on any atom is -0.462 e. The van der Waals surface area contributed by atoms with Crippen molar-refractivity contribution in [3.05, 3.63) is 65.9 Å². The quantitative estimate of drug-likeness (QED) is 0.583. The third kappa shape index (κ3) is 4.31. The molecule has 0 aliphatic heterocycles. The molecule has 0 radical (unpaired) electrons. The van der Waals surface area contributed by atoms with E-state index in [0.29, 0.717) is 10.9 Å². The van der Waals surface area contributed by atoms with E-state index in [1.54, 1.807) is 31.2 Å². The van der Waals surface area contributed by atoms with Gasteiger partial charge in [-0.05, 0) is 25.1 Å². The van der Waals surface area contributed by atoms with Crippen LogP contribution in [-0.4, -0.2) is 17.6 Å². The zero-order valence-electron chi connectivity index (χ0n) is 14.2. The first kappa shape index (κ1) is 20.5. The lowest BCUT2D eigenvalue weighted by Gasteiger charge is -2.17. The second-order valence-corrected chi connectivity index (χ2v) is 5.45. The fraction of sp³-hybridized carbons (Fsp3) is 0.158. The summed E-state index contributed by atoms with van der Waals surface area (Å²) in [5.41, 5.74) is -0.126. The van der Waals surface area contributed by atoms with E-state index >= 15 is 0 Å². The Labute approximate surface area is 159 Å². The zero-order chi connectivity index (χ0) is 18.7. The van der Waals surface area contributed by atoms with E-state index in [-0.39, 0.29) is 36.0 Å². The minimum atomic E-state index is -4.53. The van der Waals surface area contributed by atoms with Gasteiger partial charge in [0.1, 0.15) is 5.56 Å². The molecular formula is C19H16ClF3N2O2. The summed E-state index contributed by atoms with van der Waals surface area (Å²) >= 11 is 0. The van der Waals surface area contributed by atoms with Crippen LogP contribution >= 0.6 is 12.4 Å². The van der Waals surface area contributed by atoms with Crippen LogP contribution in [0.4, 0.5) is 24.5 Å². The summed E-state index contributed by atoms with van der Waals surface area (Å²) in [7, 11) is 0. The highest BCUT2D eigenvalue weighted by molar-refractivity contribution is 6.06. The van der Waals surface area contributed by atoms with E-state index in [1.807, 2.05) is 0 Å². The molecule has 0 unspecified atom stereocenters. The van der Waals surface area contributed by atoms with Crippen molar-refractivity contribution in [2.24, 2.45) is 0 Å². The maximum atomic E-state index is 13.3. The fourth-order valence-electron chi connectivity index (χ4n) is 2.61. The number of ether oxygens (including phenoxy) is 1. The second-order valence-electron chi connectivity index (χ2n) is 5.45. The van der Waals surface area contributed by atoms with E-state index in [4.69, 9.17) is 4.74 Å². The Morgan fingerprint density at radius 2 is 1.78 bits per heavy atom. The first-order chi connectivity index (χ1) is 12.4. The minimum absolute atomic E-state index is 0. The largest absolute Gasteiger partial charge is 0.462 e. The molecule has 0 bridgehead atoms. The number of anilines is 2. The van der Waals surface area contributed by atoms with Crippen LogP contribution in [0.5, 0.6) is 0 Å². The number of alkyl halides is 3. The summed E-state index contributed by atoms with van der Waals surface area (Å²) < 4.78 is 44.9. The number of hydrogen-bond acceptors (Lipinski definition) is 4. The lowest BCUT2D eigenvalue weighted by atomic mass is 10.1. The monoisotopic (exact) mass is 396 g/mol. The molecule has 142 valence electrons. The molecule has 27 heavy (non-hydrogen) atoms. The third-order valence-electron chi connectivity index (χ3n) is 3.76. The van der Waals surface area contributed by atoms with Gasteiger partial charge in [-0.25, -0.2) is 4.79 Å². The number of carbonyl (C=O) groups is 1. The molecule has 1 heterocycles. The van der Waals surface area contributed by atoms with Gasteiger partial charge < -0.3 is 10.1 Å². The second kappa shape index (κ2) is 8.26. The van der Waals surface area contributed by atoms with Crippen LogP contribution in [0.1, 0.15) is 22.8 Å². The van der Waals surface area contributed by atoms with Crippen LogP contribution in [0.15, 0.2) is 54.7 Å². The molecule has 0 aliphatic rings. The van der Waals surface area contributed by atoms with Crippen molar-refractivity contribution in [2.45, 2.75) is 13.1 Å². The van der Waals surface area contributed by atoms with E-state index in [9.17, 15) is 18.0 Å². The van der Waals surface area contributed by atoms with Crippen molar-refractivity contribution in [2.75, 3.05) is 11.9 Å². The molecule has 3 rings (SSSR count). The van der Waals surface area contributed by atoms with Gasteiger partial charge in [0.15, 0.2) is 0 Å². The van der Waals surface area contributed by atoms with Crippen molar-refractivity contribution in [1.82, 2.24) is 4.98 Å². The van der Waals surface area contributed by atoms with Crippen molar-refractivity contribution >= 4 is 40.7 Å². The molecule has 0 spiro atoms. The summed E-state index contributed by atoms with van der Waals surface area (Å²) in [6.07, 6.45) is -3.23. The average Bonchev–Trinajstić information content (AvgIpc) is 2.61. The van der Waals surface area contributed by atoms with Gasteiger partial charge in [0.05, 0.1) is 29.1 Å². The number of para-hydroxylation sites is 2. The summed E-state index contributed by atoms with van der Waals surface area (Å²) in [4.78, 5) is 16.5. The summed E-state index contributed by atoms with van der Waals surface area (Å²) in [5, 5.41) is 3.29. The number of benzene rings is 2. The zero-order valence-corrected chi connectivity index (χ0v) is 15.0. The molecule has 0 saturated carbocycles. The first-order valence-corrected chi connectivity index (χ1v) is 7.90. The van der Waals surface area contributed by atoms with Crippen LogP contribution in [0, 0.1) is 0 Å². The Hall–Kier alpha value is -2.80. The maximum Gasteiger partial charge on any atom is 0.418 e. The van der Waals surface area contributed by atoms with Crippen LogP contribution in [0.3, 0.4) is 0 Å². The summed E-state index contributed by atoms with van der Waals surface area (Å²) in [6.45, 7) is 1.79. The topological polar surface area (TPSA) is 51.2 Å². The van der Waals surface area contributed by atoms with Crippen LogP contribution in [-0.2, 0) is 10.9 Å². The van der Waals surface area contributed by atoms with E-state index in [1.165, 1.54) is 24.4 Å². The molecular weight excluding hydrogens is 381 g/mol. The number of esters is 1. The Morgan fingerprint density at radius 3 is 2.48 bits per heavy atom. The van der Waals surface area contributed by atoms with Crippen molar-refractivity contribution < 1.29 is 22.7 Å². The summed E-state index contributed by atoms with van der Waals surface area (Å²) in [6, 6.07) is 12.0. The molecule has 4 nitrogen and oxygen atoms in total. The SMILES string of the molecule is CCOC(=O)c1cnc2ccccc2c1Nc1ccccc1C(F)(F)F.Cl. The van der Waals surface area contributed by atoms with Gasteiger partial charge in [0, 0.05) is 11.6 Å². The molecule has 0 saturated heterocycles. The van der Waals surface area contributed by atoms with Crippen molar-refractivity contribution in [1.29, 1.82) is 0 Å². The number of halogens is 4. The van der Waals surface area contributed by atoms with Gasteiger partial charge in [0.2, 0.25) is 0 Å². The molecule has 0 aliphatic carbocycles. The number of aromatic nitrogens is 1. The normalized spacial score (nSPS) is 11.0. The number of pyridine rings is 1. The van der Waals surface area contributed by atoms with Crippen LogP contribution in [0.2, 0.25) is 0 Å². The van der Waals surface area contributed by atoms with Gasteiger partial charge in [0.25, 0.3) is 0 Å². The first-order valence-electron chi connectivity index (χ1n) is 7.90. The fourth-order valence-corrected chi connectivity index (χ4v) is 2.61. The van der Waals surface area contributed by atoms with E-state index in [2.05, 4.69) is 10.3 Å². The predicted octanol–water partition coefficient (Wildman–Crippen LogP) is 5.60.